The van der Waals surface area contributed by atoms with Gasteiger partial charge in [0.15, 0.2) is 6.04 Å². The van der Waals surface area contributed by atoms with Crippen molar-refractivity contribution < 1.29 is 14.7 Å². The summed E-state index contributed by atoms with van der Waals surface area (Å²) in [6.45, 7) is 5.68. The van der Waals surface area contributed by atoms with E-state index < -0.39 is 17.9 Å². The normalized spacial score (nSPS) is 12.0. The molecule has 0 saturated heterocycles. The second-order valence-electron chi connectivity index (χ2n) is 5.85. The number of nitrogens with zero attached hydrogens (tertiary/aromatic N) is 2. The van der Waals surface area contributed by atoms with Crippen molar-refractivity contribution in [2.24, 2.45) is 0 Å². The van der Waals surface area contributed by atoms with Crippen molar-refractivity contribution in [3.05, 3.63) is 52.8 Å². The van der Waals surface area contributed by atoms with Crippen LogP contribution in [0.2, 0.25) is 0 Å². The molecule has 7 heteroatoms. The maximum atomic E-state index is 12.4. The lowest BCUT2D eigenvalue weighted by Crippen LogP contribution is -2.34. The Balaban J connectivity index is 2.30. The Morgan fingerprint density at radius 1 is 1.21 bits per heavy atom. The topological polar surface area (TPSA) is 118 Å². The molecule has 0 aliphatic rings. The van der Waals surface area contributed by atoms with Crippen molar-refractivity contribution in [2.45, 2.75) is 32.7 Å². The monoisotopic (exact) mass is 328 g/mol. The molecule has 4 N–H and O–H groups in total. The Morgan fingerprint density at radius 3 is 2.50 bits per heavy atom. The van der Waals surface area contributed by atoms with Gasteiger partial charge < -0.3 is 16.2 Å². The molecule has 2 aromatic rings. The van der Waals surface area contributed by atoms with Crippen LogP contribution >= 0.6 is 0 Å². The van der Waals surface area contributed by atoms with Crippen LogP contribution in [0.1, 0.15) is 53.1 Å². The second-order valence-corrected chi connectivity index (χ2v) is 5.85. The molecule has 0 unspecified atom stereocenters. The molecule has 0 aliphatic heterocycles. The molecular weight excluding hydrogens is 308 g/mol. The van der Waals surface area contributed by atoms with Crippen LogP contribution in [0.15, 0.2) is 30.3 Å². The molecule has 1 amide bonds. The Morgan fingerprint density at radius 2 is 1.92 bits per heavy atom. The van der Waals surface area contributed by atoms with Crippen molar-refractivity contribution in [3.63, 3.8) is 0 Å². The van der Waals surface area contributed by atoms with E-state index in [4.69, 9.17) is 5.73 Å². The number of nitrogens with two attached hydrogens (primary N) is 1. The van der Waals surface area contributed by atoms with E-state index in [1.54, 1.807) is 18.2 Å². The maximum absolute atomic E-state index is 12.4. The number of aryl methyl sites for hydroxylation is 1. The van der Waals surface area contributed by atoms with Crippen molar-refractivity contribution in [1.82, 2.24) is 15.3 Å². The van der Waals surface area contributed by atoms with Crippen LogP contribution in [0.25, 0.3) is 0 Å². The standard InChI is InChI=1S/C17H20N4O3/c1-9(2)12-8-13(20-17(18)19-12)15(22)21-14(16(23)24)11-6-4-5-10(3)7-11/h4-9,14H,1-3H3,(H,21,22)(H,23,24)(H2,18,19,20)/t14-/m1/s1. The molecule has 1 atom stereocenters. The van der Waals surface area contributed by atoms with Crippen LogP contribution in [0.4, 0.5) is 5.95 Å². The Bertz CT molecular complexity index is 774. The summed E-state index contributed by atoms with van der Waals surface area (Å²) in [4.78, 5) is 31.9. The molecular formula is C17H20N4O3. The number of carboxylic acids is 1. The zero-order valence-electron chi connectivity index (χ0n) is 13.8. The molecule has 0 radical (unpaired) electrons. The first-order chi connectivity index (χ1) is 11.3. The molecule has 0 bridgehead atoms. The van der Waals surface area contributed by atoms with Crippen molar-refractivity contribution in [2.75, 3.05) is 5.73 Å². The van der Waals surface area contributed by atoms with E-state index in [9.17, 15) is 14.7 Å². The number of anilines is 1. The van der Waals surface area contributed by atoms with Crippen LogP contribution < -0.4 is 11.1 Å². The zero-order valence-corrected chi connectivity index (χ0v) is 13.8. The molecule has 1 aromatic heterocycles. The van der Waals surface area contributed by atoms with E-state index in [0.29, 0.717) is 11.3 Å². The van der Waals surface area contributed by atoms with Crippen LogP contribution in [0.3, 0.4) is 0 Å². The first-order valence-electron chi connectivity index (χ1n) is 7.52. The van der Waals surface area contributed by atoms with Crippen LogP contribution in [0.5, 0.6) is 0 Å². The van der Waals surface area contributed by atoms with Gasteiger partial charge in [0.25, 0.3) is 5.91 Å². The lowest BCUT2D eigenvalue weighted by Gasteiger charge is -2.16. The fourth-order valence-electron chi connectivity index (χ4n) is 2.24. The fraction of sp³-hybridized carbons (Fsp3) is 0.294. The Kier molecular flexibility index (Phi) is 5.13. The molecule has 1 heterocycles. The fourth-order valence-corrected chi connectivity index (χ4v) is 2.24. The molecule has 0 saturated carbocycles. The number of carbonyl (C=O) groups excluding carboxylic acids is 1. The number of carboxylic acid groups (broad SMARTS) is 1. The molecule has 24 heavy (non-hydrogen) atoms. The highest BCUT2D eigenvalue weighted by Crippen LogP contribution is 2.17. The number of rotatable bonds is 5. The average Bonchev–Trinajstić information content (AvgIpc) is 2.51. The van der Waals surface area contributed by atoms with Crippen molar-refractivity contribution in [3.8, 4) is 0 Å². The number of amides is 1. The molecule has 0 aliphatic carbocycles. The highest BCUT2D eigenvalue weighted by atomic mass is 16.4. The summed E-state index contributed by atoms with van der Waals surface area (Å²) in [5.41, 5.74) is 7.70. The summed E-state index contributed by atoms with van der Waals surface area (Å²) in [7, 11) is 0. The number of carbonyl (C=O) groups is 2. The summed E-state index contributed by atoms with van der Waals surface area (Å²) >= 11 is 0. The predicted molar refractivity (Wildman–Crippen MR) is 89.6 cm³/mol. The molecule has 126 valence electrons. The number of nitrogens with one attached hydrogen (secondary N) is 1. The summed E-state index contributed by atoms with van der Waals surface area (Å²) in [5, 5.41) is 11.9. The highest BCUT2D eigenvalue weighted by molar-refractivity contribution is 5.95. The van der Waals surface area contributed by atoms with Gasteiger partial charge in [-0.1, -0.05) is 43.7 Å². The molecule has 0 fully saturated rings. The Hall–Kier alpha value is -2.96. The minimum Gasteiger partial charge on any atom is -0.479 e. The van der Waals surface area contributed by atoms with E-state index in [1.807, 2.05) is 26.8 Å². The number of benzene rings is 1. The first kappa shape index (κ1) is 17.4. The van der Waals surface area contributed by atoms with Crippen LogP contribution in [-0.4, -0.2) is 27.0 Å². The van der Waals surface area contributed by atoms with Gasteiger partial charge in [-0.25, -0.2) is 14.8 Å². The minimum absolute atomic E-state index is 0.0196. The van der Waals surface area contributed by atoms with Gasteiger partial charge in [-0.05, 0) is 24.5 Å². The van der Waals surface area contributed by atoms with Crippen molar-refractivity contribution >= 4 is 17.8 Å². The smallest absolute Gasteiger partial charge is 0.330 e. The third kappa shape index (κ3) is 4.07. The summed E-state index contributed by atoms with van der Waals surface area (Å²) in [5.74, 6) is -1.72. The summed E-state index contributed by atoms with van der Waals surface area (Å²) in [6.07, 6.45) is 0. The van der Waals surface area contributed by atoms with E-state index in [2.05, 4.69) is 15.3 Å². The average molecular weight is 328 g/mol. The first-order valence-corrected chi connectivity index (χ1v) is 7.52. The third-order valence-electron chi connectivity index (χ3n) is 3.49. The van der Waals surface area contributed by atoms with Crippen LogP contribution in [0, 0.1) is 6.92 Å². The lowest BCUT2D eigenvalue weighted by molar-refractivity contribution is -0.139. The quantitative estimate of drug-likeness (QED) is 0.773. The number of aromatic nitrogens is 2. The number of hydrogen-bond donors (Lipinski definition) is 3. The van der Waals surface area contributed by atoms with Gasteiger partial charge in [0, 0.05) is 5.69 Å². The van der Waals surface area contributed by atoms with Gasteiger partial charge in [0.05, 0.1) is 0 Å². The largest absolute Gasteiger partial charge is 0.479 e. The van der Waals surface area contributed by atoms with E-state index in [1.165, 1.54) is 6.07 Å². The minimum atomic E-state index is -1.17. The molecule has 2 rings (SSSR count). The number of nitrogen functional groups attached to an aromatic ring is 1. The number of aliphatic carboxylic acids is 1. The van der Waals surface area contributed by atoms with Gasteiger partial charge in [-0.3, -0.25) is 4.79 Å². The third-order valence-corrected chi connectivity index (χ3v) is 3.49. The van der Waals surface area contributed by atoms with Gasteiger partial charge in [-0.15, -0.1) is 0 Å². The molecule has 7 nitrogen and oxygen atoms in total. The summed E-state index contributed by atoms with van der Waals surface area (Å²) in [6, 6.07) is 7.31. The predicted octanol–water partition coefficient (Wildman–Crippen LogP) is 2.05. The van der Waals surface area contributed by atoms with Gasteiger partial charge in [0.2, 0.25) is 5.95 Å². The number of hydrogen-bond acceptors (Lipinski definition) is 5. The molecule has 1 aromatic carbocycles. The highest BCUT2D eigenvalue weighted by Gasteiger charge is 2.24. The van der Waals surface area contributed by atoms with Gasteiger partial charge >= 0.3 is 5.97 Å². The second kappa shape index (κ2) is 7.08. The SMILES string of the molecule is Cc1cccc([C@@H](NC(=O)c2cc(C(C)C)nc(N)n2)C(=O)O)c1. The Labute approximate surface area is 139 Å². The van der Waals surface area contributed by atoms with E-state index >= 15 is 0 Å². The zero-order chi connectivity index (χ0) is 17.9. The van der Waals surface area contributed by atoms with E-state index in [0.717, 1.165) is 5.56 Å². The van der Waals surface area contributed by atoms with Gasteiger partial charge in [-0.2, -0.15) is 0 Å². The van der Waals surface area contributed by atoms with E-state index in [-0.39, 0.29) is 17.6 Å². The summed E-state index contributed by atoms with van der Waals surface area (Å²) < 4.78 is 0. The van der Waals surface area contributed by atoms with Crippen LogP contribution in [-0.2, 0) is 4.79 Å². The lowest BCUT2D eigenvalue weighted by atomic mass is 10.0. The molecule has 0 spiro atoms. The van der Waals surface area contributed by atoms with Crippen molar-refractivity contribution in [1.29, 1.82) is 0 Å². The van der Waals surface area contributed by atoms with Gasteiger partial charge in [0.1, 0.15) is 5.69 Å². The maximum Gasteiger partial charge on any atom is 0.330 e.